The number of hydrogen-bond acceptors (Lipinski definition) is 4. The molecule has 6 nitrogen and oxygen atoms in total. The summed E-state index contributed by atoms with van der Waals surface area (Å²) in [6.45, 7) is 1.70. The third kappa shape index (κ3) is 2.35. The van der Waals surface area contributed by atoms with E-state index in [4.69, 9.17) is 5.73 Å². The zero-order valence-electron chi connectivity index (χ0n) is 10.4. The first kappa shape index (κ1) is 12.9. The first-order valence-corrected chi connectivity index (χ1v) is 5.49. The van der Waals surface area contributed by atoms with E-state index in [0.717, 1.165) is 18.2 Å². The van der Waals surface area contributed by atoms with Crippen molar-refractivity contribution in [1.29, 1.82) is 0 Å². The standard InChI is InChI=1S/C12H13FN4O2/c1-6-10(14)11(17(2)16-6)15-12(19)8-5-7(13)3-4-9(8)18/h3-5,18H,14H2,1-2H3,(H,15,19). The predicted molar refractivity (Wildman–Crippen MR) is 68.4 cm³/mol. The maximum absolute atomic E-state index is 13.1. The average molecular weight is 264 g/mol. The summed E-state index contributed by atoms with van der Waals surface area (Å²) < 4.78 is 14.5. The number of nitrogen functional groups attached to an aromatic ring is 1. The van der Waals surface area contributed by atoms with E-state index in [0.29, 0.717) is 17.2 Å². The Morgan fingerprint density at radius 3 is 2.79 bits per heavy atom. The van der Waals surface area contributed by atoms with Crippen LogP contribution in [0.5, 0.6) is 5.75 Å². The molecule has 0 aliphatic carbocycles. The van der Waals surface area contributed by atoms with Crippen LogP contribution in [0.1, 0.15) is 16.1 Å². The molecule has 1 heterocycles. The van der Waals surface area contributed by atoms with Crippen molar-refractivity contribution in [2.75, 3.05) is 11.1 Å². The van der Waals surface area contributed by atoms with E-state index < -0.39 is 11.7 Å². The minimum atomic E-state index is -0.660. The number of carbonyl (C=O) groups excluding carboxylic acids is 1. The molecule has 0 saturated carbocycles. The molecule has 1 aromatic carbocycles. The first-order chi connectivity index (χ1) is 8.90. The number of nitrogens with one attached hydrogen (secondary N) is 1. The smallest absolute Gasteiger partial charge is 0.260 e. The summed E-state index contributed by atoms with van der Waals surface area (Å²) in [4.78, 5) is 12.0. The molecule has 2 aromatic rings. The topological polar surface area (TPSA) is 93.2 Å². The van der Waals surface area contributed by atoms with Crippen LogP contribution >= 0.6 is 0 Å². The van der Waals surface area contributed by atoms with E-state index >= 15 is 0 Å². The van der Waals surface area contributed by atoms with Crippen molar-refractivity contribution in [1.82, 2.24) is 9.78 Å². The van der Waals surface area contributed by atoms with E-state index in [1.165, 1.54) is 4.68 Å². The van der Waals surface area contributed by atoms with Crippen molar-refractivity contribution in [2.24, 2.45) is 7.05 Å². The summed E-state index contributed by atoms with van der Waals surface area (Å²) in [6.07, 6.45) is 0. The van der Waals surface area contributed by atoms with Gasteiger partial charge < -0.3 is 16.2 Å². The van der Waals surface area contributed by atoms with Gasteiger partial charge in [-0.1, -0.05) is 0 Å². The number of nitrogens with zero attached hydrogens (tertiary/aromatic N) is 2. The lowest BCUT2D eigenvalue weighted by molar-refractivity contribution is 0.102. The quantitative estimate of drug-likeness (QED) is 0.764. The third-order valence-electron chi connectivity index (χ3n) is 2.70. The summed E-state index contributed by atoms with van der Waals surface area (Å²) in [5.41, 5.74) is 6.49. The van der Waals surface area contributed by atoms with E-state index in [1.807, 2.05) is 0 Å². The van der Waals surface area contributed by atoms with Gasteiger partial charge in [-0.25, -0.2) is 4.39 Å². The molecular formula is C12H13FN4O2. The molecule has 0 aliphatic heterocycles. The van der Waals surface area contributed by atoms with Crippen LogP contribution in [-0.2, 0) is 7.05 Å². The van der Waals surface area contributed by atoms with E-state index in [1.54, 1.807) is 14.0 Å². The van der Waals surface area contributed by atoms with Crippen molar-refractivity contribution in [2.45, 2.75) is 6.92 Å². The van der Waals surface area contributed by atoms with Gasteiger partial charge in [0.15, 0.2) is 5.82 Å². The largest absolute Gasteiger partial charge is 0.507 e. The number of benzene rings is 1. The number of halogens is 1. The van der Waals surface area contributed by atoms with Gasteiger partial charge in [-0.3, -0.25) is 9.48 Å². The van der Waals surface area contributed by atoms with E-state index in [-0.39, 0.29) is 11.3 Å². The lowest BCUT2D eigenvalue weighted by atomic mass is 10.2. The summed E-state index contributed by atoms with van der Waals surface area (Å²) in [6, 6.07) is 3.13. The highest BCUT2D eigenvalue weighted by atomic mass is 19.1. The number of rotatable bonds is 2. The average Bonchev–Trinajstić information content (AvgIpc) is 2.59. The van der Waals surface area contributed by atoms with Crippen LogP contribution < -0.4 is 11.1 Å². The number of hydrogen-bond donors (Lipinski definition) is 3. The number of carbonyl (C=O) groups is 1. The number of aryl methyl sites for hydroxylation is 2. The van der Waals surface area contributed by atoms with Crippen LogP contribution in [0.25, 0.3) is 0 Å². The summed E-state index contributed by atoms with van der Waals surface area (Å²) in [5, 5.41) is 16.1. The zero-order chi connectivity index (χ0) is 14.2. The van der Waals surface area contributed by atoms with Crippen LogP contribution in [0.2, 0.25) is 0 Å². The maximum Gasteiger partial charge on any atom is 0.260 e. The van der Waals surface area contributed by atoms with Gasteiger partial charge in [-0.15, -0.1) is 0 Å². The fourth-order valence-corrected chi connectivity index (χ4v) is 1.69. The van der Waals surface area contributed by atoms with Crippen LogP contribution in [-0.4, -0.2) is 20.8 Å². The molecule has 2 rings (SSSR count). The summed E-state index contributed by atoms with van der Waals surface area (Å²) >= 11 is 0. The Morgan fingerprint density at radius 1 is 1.53 bits per heavy atom. The Labute approximate surface area is 108 Å². The van der Waals surface area contributed by atoms with Crippen LogP contribution in [0, 0.1) is 12.7 Å². The SMILES string of the molecule is Cc1nn(C)c(NC(=O)c2cc(F)ccc2O)c1N. The second-order valence-electron chi connectivity index (χ2n) is 4.09. The second-order valence-corrected chi connectivity index (χ2v) is 4.09. The molecule has 0 radical (unpaired) electrons. The molecule has 0 aliphatic rings. The second kappa shape index (κ2) is 4.60. The number of aromatic hydroxyl groups is 1. The van der Waals surface area contributed by atoms with Crippen molar-refractivity contribution in [3.05, 3.63) is 35.3 Å². The molecule has 4 N–H and O–H groups in total. The number of aromatic nitrogens is 2. The minimum Gasteiger partial charge on any atom is -0.507 e. The van der Waals surface area contributed by atoms with Gasteiger partial charge in [-0.2, -0.15) is 5.10 Å². The lowest BCUT2D eigenvalue weighted by Crippen LogP contribution is -2.16. The molecule has 1 aromatic heterocycles. The third-order valence-corrected chi connectivity index (χ3v) is 2.70. The van der Waals surface area contributed by atoms with E-state index in [2.05, 4.69) is 10.4 Å². The van der Waals surface area contributed by atoms with Gasteiger partial charge in [-0.05, 0) is 25.1 Å². The molecule has 0 spiro atoms. The number of phenols is 1. The van der Waals surface area contributed by atoms with Crippen molar-refractivity contribution in [3.8, 4) is 5.75 Å². The monoisotopic (exact) mass is 264 g/mol. The van der Waals surface area contributed by atoms with Gasteiger partial charge in [0.25, 0.3) is 5.91 Å². The van der Waals surface area contributed by atoms with Crippen molar-refractivity contribution < 1.29 is 14.3 Å². The van der Waals surface area contributed by atoms with Crippen LogP contribution in [0.4, 0.5) is 15.9 Å². The Balaban J connectivity index is 2.33. The highest BCUT2D eigenvalue weighted by Crippen LogP contribution is 2.24. The van der Waals surface area contributed by atoms with Gasteiger partial charge in [0.05, 0.1) is 16.9 Å². The molecule has 19 heavy (non-hydrogen) atoms. The zero-order valence-corrected chi connectivity index (χ0v) is 10.4. The van der Waals surface area contributed by atoms with Gasteiger partial charge >= 0.3 is 0 Å². The fourth-order valence-electron chi connectivity index (χ4n) is 1.69. The summed E-state index contributed by atoms with van der Waals surface area (Å²) in [7, 11) is 1.62. The van der Waals surface area contributed by atoms with Crippen LogP contribution in [0.3, 0.4) is 0 Å². The molecule has 0 unspecified atom stereocenters. The molecule has 7 heteroatoms. The molecule has 0 saturated heterocycles. The molecule has 0 fully saturated rings. The Morgan fingerprint density at radius 2 is 2.21 bits per heavy atom. The fraction of sp³-hybridized carbons (Fsp3) is 0.167. The van der Waals surface area contributed by atoms with Gasteiger partial charge in [0.1, 0.15) is 11.6 Å². The number of nitrogens with two attached hydrogens (primary N) is 1. The minimum absolute atomic E-state index is 0.168. The van der Waals surface area contributed by atoms with Gasteiger partial charge in [0, 0.05) is 7.05 Å². The van der Waals surface area contributed by atoms with Crippen molar-refractivity contribution >= 4 is 17.4 Å². The lowest BCUT2D eigenvalue weighted by Gasteiger charge is -2.08. The Hall–Kier alpha value is -2.57. The van der Waals surface area contributed by atoms with Crippen molar-refractivity contribution in [3.63, 3.8) is 0 Å². The number of anilines is 2. The molecule has 100 valence electrons. The highest BCUT2D eigenvalue weighted by molar-refractivity contribution is 6.07. The Kier molecular flexibility index (Phi) is 3.12. The maximum atomic E-state index is 13.1. The summed E-state index contributed by atoms with van der Waals surface area (Å²) in [5.74, 6) is -1.29. The highest BCUT2D eigenvalue weighted by Gasteiger charge is 2.17. The van der Waals surface area contributed by atoms with E-state index in [9.17, 15) is 14.3 Å². The molecule has 0 atom stereocenters. The molecule has 0 bridgehead atoms. The number of phenolic OH excluding ortho intramolecular Hbond substituents is 1. The normalized spacial score (nSPS) is 10.5. The molecular weight excluding hydrogens is 251 g/mol. The first-order valence-electron chi connectivity index (χ1n) is 5.49. The van der Waals surface area contributed by atoms with Crippen LogP contribution in [0.15, 0.2) is 18.2 Å². The van der Waals surface area contributed by atoms with Gasteiger partial charge in [0.2, 0.25) is 0 Å². The Bertz CT molecular complexity index is 651. The predicted octanol–water partition coefficient (Wildman–Crippen LogP) is 1.41. The number of amides is 1. The molecule has 1 amide bonds.